The van der Waals surface area contributed by atoms with E-state index < -0.39 is 31.3 Å². The minimum absolute atomic E-state index is 0.0841. The van der Waals surface area contributed by atoms with Crippen LogP contribution in [0.5, 0.6) is 0 Å². The largest absolute Gasteiger partial charge is 0.458 e. The summed E-state index contributed by atoms with van der Waals surface area (Å²) >= 11 is 0. The van der Waals surface area contributed by atoms with E-state index in [1.54, 1.807) is 17.6 Å². The molecule has 4 heterocycles. The fourth-order valence-electron chi connectivity index (χ4n) is 5.89. The van der Waals surface area contributed by atoms with Gasteiger partial charge in [-0.1, -0.05) is 51.9 Å². The number of nitrogens with one attached hydrogen (secondary N) is 1. The SMILES string of the molecule is CCCC[Si](C)(C)c1ccc(NC(=O)OC(C)(C)C)c2cc3c(nc12)-c1cc2c(c(=O)n1C3)COC(=O)[C@]2(O)CC. The topological polar surface area (TPSA) is 120 Å². The molecule has 1 amide bonds. The maximum atomic E-state index is 13.6. The van der Waals surface area contributed by atoms with E-state index in [4.69, 9.17) is 14.5 Å². The van der Waals surface area contributed by atoms with Gasteiger partial charge in [0.05, 0.1) is 42.8 Å². The number of carbonyl (C=O) groups excluding carboxylic acids is 2. The number of carbonyl (C=O) groups is 2. The van der Waals surface area contributed by atoms with E-state index >= 15 is 0 Å². The molecule has 2 aliphatic rings. The first-order valence-corrected chi connectivity index (χ1v) is 17.5. The smallest absolute Gasteiger partial charge is 0.412 e. The number of ether oxygens (including phenoxy) is 2. The van der Waals surface area contributed by atoms with Crippen LogP contribution in [0, 0.1) is 0 Å². The molecule has 10 heteroatoms. The molecule has 0 saturated carbocycles. The number of aromatic nitrogens is 2. The van der Waals surface area contributed by atoms with E-state index in [1.165, 1.54) is 5.19 Å². The predicted molar refractivity (Wildman–Crippen MR) is 161 cm³/mol. The van der Waals surface area contributed by atoms with Gasteiger partial charge in [0, 0.05) is 16.5 Å². The third-order valence-electron chi connectivity index (χ3n) is 8.20. The van der Waals surface area contributed by atoms with Crippen LogP contribution < -0.4 is 16.1 Å². The molecule has 2 aromatic heterocycles. The lowest BCUT2D eigenvalue weighted by atomic mass is 9.86. The monoisotopic (exact) mass is 577 g/mol. The lowest BCUT2D eigenvalue weighted by Gasteiger charge is -2.31. The van der Waals surface area contributed by atoms with Crippen LogP contribution in [0.2, 0.25) is 19.1 Å². The highest BCUT2D eigenvalue weighted by atomic mass is 28.3. The van der Waals surface area contributed by atoms with Gasteiger partial charge >= 0.3 is 12.1 Å². The van der Waals surface area contributed by atoms with Crippen molar-refractivity contribution in [1.29, 1.82) is 0 Å². The van der Waals surface area contributed by atoms with Gasteiger partial charge < -0.3 is 19.1 Å². The molecule has 9 nitrogen and oxygen atoms in total. The van der Waals surface area contributed by atoms with Gasteiger partial charge in [-0.2, -0.15) is 0 Å². The number of rotatable bonds is 6. The molecule has 0 spiro atoms. The van der Waals surface area contributed by atoms with Crippen LogP contribution in [-0.4, -0.2) is 40.4 Å². The summed E-state index contributed by atoms with van der Waals surface area (Å²) in [5.41, 5.74) is 1.16. The van der Waals surface area contributed by atoms with E-state index in [1.807, 2.05) is 32.9 Å². The second-order valence-electron chi connectivity index (χ2n) is 12.8. The zero-order valence-corrected chi connectivity index (χ0v) is 25.9. The Bertz CT molecular complexity index is 1640. The van der Waals surface area contributed by atoms with Crippen molar-refractivity contribution < 1.29 is 24.2 Å². The van der Waals surface area contributed by atoms with Gasteiger partial charge in [-0.3, -0.25) is 10.1 Å². The summed E-state index contributed by atoms with van der Waals surface area (Å²) in [6, 6.07) is 8.81. The summed E-state index contributed by atoms with van der Waals surface area (Å²) in [6.45, 7) is 14.1. The minimum Gasteiger partial charge on any atom is -0.458 e. The summed E-state index contributed by atoms with van der Waals surface area (Å²) in [4.78, 5) is 44.1. The highest BCUT2D eigenvalue weighted by molar-refractivity contribution is 6.91. The highest BCUT2D eigenvalue weighted by Gasteiger charge is 2.45. The second-order valence-corrected chi connectivity index (χ2v) is 17.6. The van der Waals surface area contributed by atoms with E-state index in [0.29, 0.717) is 22.6 Å². The van der Waals surface area contributed by atoms with Gasteiger partial charge in [0.1, 0.15) is 12.2 Å². The molecular formula is C31H39N3O6Si. The normalized spacial score (nSPS) is 18.0. The second kappa shape index (κ2) is 10.1. The third-order valence-corrected chi connectivity index (χ3v) is 11.7. The Balaban J connectivity index is 1.72. The zero-order valence-electron chi connectivity index (χ0n) is 24.9. The van der Waals surface area contributed by atoms with Crippen molar-refractivity contribution in [3.63, 3.8) is 0 Å². The van der Waals surface area contributed by atoms with Gasteiger partial charge in [-0.25, -0.2) is 14.6 Å². The molecule has 0 unspecified atom stereocenters. The average molecular weight is 578 g/mol. The van der Waals surface area contributed by atoms with Gasteiger partial charge in [0.2, 0.25) is 0 Å². The zero-order chi connectivity index (χ0) is 29.9. The van der Waals surface area contributed by atoms with Crippen molar-refractivity contribution in [2.45, 2.75) is 97.4 Å². The van der Waals surface area contributed by atoms with Crippen LogP contribution in [0.3, 0.4) is 0 Å². The molecule has 0 fully saturated rings. The number of hydrogen-bond acceptors (Lipinski definition) is 7. The van der Waals surface area contributed by atoms with Crippen LogP contribution in [-0.2, 0) is 33.0 Å². The number of cyclic esters (lactones) is 1. The number of unbranched alkanes of at least 4 members (excludes halogenated alkanes) is 1. The number of anilines is 1. The molecule has 218 valence electrons. The molecule has 2 N–H and O–H groups in total. The van der Waals surface area contributed by atoms with Crippen LogP contribution in [0.1, 0.15) is 70.6 Å². The number of esters is 1. The third kappa shape index (κ3) is 4.97. The molecule has 1 atom stereocenters. The maximum Gasteiger partial charge on any atom is 0.412 e. The summed E-state index contributed by atoms with van der Waals surface area (Å²) in [7, 11) is -1.94. The molecule has 0 bridgehead atoms. The summed E-state index contributed by atoms with van der Waals surface area (Å²) < 4.78 is 12.4. The number of nitrogens with zero attached hydrogens (tertiary/aromatic N) is 2. The van der Waals surface area contributed by atoms with Gasteiger partial charge in [-0.05, 0) is 50.6 Å². The van der Waals surface area contributed by atoms with E-state index in [-0.39, 0.29) is 30.7 Å². The molecule has 41 heavy (non-hydrogen) atoms. The molecule has 5 rings (SSSR count). The van der Waals surface area contributed by atoms with Crippen LogP contribution in [0.4, 0.5) is 10.5 Å². The van der Waals surface area contributed by atoms with Gasteiger partial charge in [0.25, 0.3) is 5.56 Å². The quantitative estimate of drug-likeness (QED) is 0.240. The van der Waals surface area contributed by atoms with Crippen molar-refractivity contribution in [3.05, 3.63) is 51.3 Å². The van der Waals surface area contributed by atoms with Crippen molar-refractivity contribution in [2.75, 3.05) is 5.32 Å². The highest BCUT2D eigenvalue weighted by Crippen LogP contribution is 2.39. The molecule has 3 aromatic rings. The van der Waals surface area contributed by atoms with Gasteiger partial charge in [0.15, 0.2) is 5.60 Å². The van der Waals surface area contributed by atoms with E-state index in [2.05, 4.69) is 31.4 Å². The molecule has 2 aliphatic heterocycles. The fraction of sp³-hybridized carbons (Fsp3) is 0.484. The minimum atomic E-state index is -1.94. The first kappa shape index (κ1) is 29.0. The molecule has 1 aromatic carbocycles. The number of benzene rings is 1. The Hall–Kier alpha value is -3.50. The van der Waals surface area contributed by atoms with Crippen molar-refractivity contribution in [1.82, 2.24) is 9.55 Å². The van der Waals surface area contributed by atoms with Crippen molar-refractivity contribution in [3.8, 4) is 11.4 Å². The number of amides is 1. The average Bonchev–Trinajstić information content (AvgIpc) is 3.26. The molecule has 0 radical (unpaired) electrons. The number of aliphatic hydroxyl groups is 1. The lowest BCUT2D eigenvalue weighted by Crippen LogP contribution is -2.44. The Morgan fingerprint density at radius 3 is 2.61 bits per heavy atom. The van der Waals surface area contributed by atoms with Crippen LogP contribution >= 0.6 is 0 Å². The first-order chi connectivity index (χ1) is 19.2. The predicted octanol–water partition coefficient (Wildman–Crippen LogP) is 5.14. The Morgan fingerprint density at radius 1 is 1.22 bits per heavy atom. The number of pyridine rings is 2. The molecular weight excluding hydrogens is 538 g/mol. The Morgan fingerprint density at radius 2 is 1.95 bits per heavy atom. The Kier molecular flexibility index (Phi) is 7.14. The van der Waals surface area contributed by atoms with Crippen molar-refractivity contribution >= 4 is 41.9 Å². The summed E-state index contributed by atoms with van der Waals surface area (Å²) in [5, 5.41) is 16.1. The number of fused-ring (bicyclic) bond motifs is 5. The number of hydrogen-bond donors (Lipinski definition) is 2. The first-order valence-electron chi connectivity index (χ1n) is 14.3. The van der Waals surface area contributed by atoms with Crippen LogP contribution in [0.25, 0.3) is 22.3 Å². The van der Waals surface area contributed by atoms with Crippen molar-refractivity contribution in [2.24, 2.45) is 0 Å². The fourth-order valence-corrected chi connectivity index (χ4v) is 8.76. The summed E-state index contributed by atoms with van der Waals surface area (Å²) in [6.07, 6.45) is 1.74. The molecule has 0 aliphatic carbocycles. The lowest BCUT2D eigenvalue weighted by molar-refractivity contribution is -0.172. The van der Waals surface area contributed by atoms with Gasteiger partial charge in [-0.15, -0.1) is 0 Å². The van der Waals surface area contributed by atoms with E-state index in [9.17, 15) is 19.5 Å². The standard InChI is InChI=1S/C31H39N3O6Si/c1-8-10-13-41(6,7)24-12-11-22(32-29(37)40-30(3,4)5)19-14-18-16-34-23(25(18)33-26(19)24)15-21-20(27(34)35)17-39-28(36)31(21,38)9-2/h11-12,14-15,38H,8-10,13,16-17H2,1-7H3,(H,32,37)/t31-/m0/s1. The summed E-state index contributed by atoms with van der Waals surface area (Å²) in [5.74, 6) is -0.745. The van der Waals surface area contributed by atoms with Crippen LogP contribution in [0.15, 0.2) is 29.1 Å². The van der Waals surface area contributed by atoms with E-state index in [0.717, 1.165) is 35.4 Å². The Labute approximate surface area is 240 Å². The maximum absolute atomic E-state index is 13.6. The molecule has 0 saturated heterocycles.